The summed E-state index contributed by atoms with van der Waals surface area (Å²) in [6, 6.07) is 7.51. The van der Waals surface area contributed by atoms with Crippen LogP contribution >= 0.6 is 0 Å². The van der Waals surface area contributed by atoms with Crippen molar-refractivity contribution in [3.05, 3.63) is 24.3 Å². The Morgan fingerprint density at radius 2 is 2.17 bits per heavy atom. The lowest BCUT2D eigenvalue weighted by Crippen LogP contribution is -2.18. The molecule has 0 spiro atoms. The first kappa shape index (κ1) is 12.9. The van der Waals surface area contributed by atoms with Gasteiger partial charge in [0, 0.05) is 12.3 Å². The van der Waals surface area contributed by atoms with E-state index in [4.69, 9.17) is 10.5 Å². The van der Waals surface area contributed by atoms with Gasteiger partial charge < -0.3 is 15.8 Å². The van der Waals surface area contributed by atoms with Crippen molar-refractivity contribution in [2.45, 2.75) is 26.2 Å². The van der Waals surface area contributed by atoms with Gasteiger partial charge in [-0.1, -0.05) is 12.1 Å². The number of amides is 1. The maximum Gasteiger partial charge on any atom is 0.221 e. The van der Waals surface area contributed by atoms with E-state index >= 15 is 0 Å². The second-order valence-electron chi connectivity index (χ2n) is 5.00. The van der Waals surface area contributed by atoms with Crippen LogP contribution in [0.15, 0.2) is 24.3 Å². The van der Waals surface area contributed by atoms with E-state index < -0.39 is 0 Å². The monoisotopic (exact) mass is 248 g/mol. The fourth-order valence-corrected chi connectivity index (χ4v) is 2.07. The molecule has 0 heterocycles. The Bertz CT molecular complexity index is 428. The summed E-state index contributed by atoms with van der Waals surface area (Å²) in [4.78, 5) is 11.1. The summed E-state index contributed by atoms with van der Waals surface area (Å²) >= 11 is 0. The highest BCUT2D eigenvalue weighted by Gasteiger charge is 2.42. The smallest absolute Gasteiger partial charge is 0.221 e. The number of para-hydroxylation sites is 2. The number of rotatable bonds is 6. The van der Waals surface area contributed by atoms with Gasteiger partial charge in [0.15, 0.2) is 0 Å². The molecule has 1 aliphatic carbocycles. The Kier molecular flexibility index (Phi) is 3.87. The molecule has 1 aliphatic rings. The number of nitrogens with two attached hydrogens (primary N) is 1. The topological polar surface area (TPSA) is 64.3 Å². The first-order valence-electron chi connectivity index (χ1n) is 6.35. The lowest BCUT2D eigenvalue weighted by atomic mass is 10.0. The van der Waals surface area contributed by atoms with Gasteiger partial charge in [0.05, 0.1) is 12.3 Å². The third-order valence-electron chi connectivity index (χ3n) is 3.36. The molecule has 0 saturated heterocycles. The molecule has 1 aromatic rings. The fourth-order valence-electron chi connectivity index (χ4n) is 2.07. The molecule has 0 atom stereocenters. The second-order valence-corrected chi connectivity index (χ2v) is 5.00. The molecule has 3 N–H and O–H groups in total. The Morgan fingerprint density at radius 3 is 2.78 bits per heavy atom. The van der Waals surface area contributed by atoms with Gasteiger partial charge in [-0.05, 0) is 37.9 Å². The largest absolute Gasteiger partial charge is 0.491 e. The highest BCUT2D eigenvalue weighted by atomic mass is 16.5. The van der Waals surface area contributed by atoms with Crippen LogP contribution in [0.1, 0.15) is 26.2 Å². The Balaban J connectivity index is 1.98. The molecule has 4 heteroatoms. The van der Waals surface area contributed by atoms with Gasteiger partial charge in [-0.3, -0.25) is 4.79 Å². The summed E-state index contributed by atoms with van der Waals surface area (Å²) in [5.74, 6) is 0.644. The molecule has 1 aromatic carbocycles. The maximum atomic E-state index is 11.1. The summed E-state index contributed by atoms with van der Waals surface area (Å²) in [6.45, 7) is 2.88. The van der Waals surface area contributed by atoms with E-state index in [0.29, 0.717) is 13.2 Å². The quantitative estimate of drug-likeness (QED) is 0.810. The predicted molar refractivity (Wildman–Crippen MR) is 71.6 cm³/mol. The van der Waals surface area contributed by atoms with Crippen LogP contribution in [-0.4, -0.2) is 19.1 Å². The van der Waals surface area contributed by atoms with Crippen molar-refractivity contribution >= 4 is 11.6 Å². The zero-order valence-electron chi connectivity index (χ0n) is 10.7. The van der Waals surface area contributed by atoms with Crippen molar-refractivity contribution in [2.24, 2.45) is 11.1 Å². The number of hydrogen-bond donors (Lipinski definition) is 2. The molecule has 0 radical (unpaired) electrons. The minimum atomic E-state index is -0.0888. The Labute approximate surface area is 108 Å². The molecule has 1 fully saturated rings. The fraction of sp³-hybridized carbons (Fsp3) is 0.500. The van der Waals surface area contributed by atoms with E-state index in [-0.39, 0.29) is 11.3 Å². The van der Waals surface area contributed by atoms with E-state index in [1.165, 1.54) is 19.8 Å². The average Bonchev–Trinajstić information content (AvgIpc) is 3.08. The number of hydrogen-bond acceptors (Lipinski definition) is 3. The molecule has 98 valence electrons. The van der Waals surface area contributed by atoms with Crippen LogP contribution in [0.3, 0.4) is 0 Å². The SMILES string of the molecule is CC(=O)Nc1ccccc1OCC1(CCN)CC1. The van der Waals surface area contributed by atoms with Crippen LogP contribution in [0.25, 0.3) is 0 Å². The van der Waals surface area contributed by atoms with Crippen molar-refractivity contribution in [1.82, 2.24) is 0 Å². The van der Waals surface area contributed by atoms with E-state index in [0.717, 1.165) is 17.9 Å². The van der Waals surface area contributed by atoms with Crippen LogP contribution in [0.5, 0.6) is 5.75 Å². The molecular formula is C14H20N2O2. The van der Waals surface area contributed by atoms with Crippen LogP contribution in [0.2, 0.25) is 0 Å². The summed E-state index contributed by atoms with van der Waals surface area (Å²) in [5.41, 5.74) is 6.61. The molecular weight excluding hydrogens is 228 g/mol. The maximum absolute atomic E-state index is 11.1. The van der Waals surface area contributed by atoms with E-state index in [9.17, 15) is 4.79 Å². The van der Waals surface area contributed by atoms with Gasteiger partial charge in [0.2, 0.25) is 5.91 Å². The van der Waals surface area contributed by atoms with Gasteiger partial charge >= 0.3 is 0 Å². The van der Waals surface area contributed by atoms with Crippen LogP contribution in [0, 0.1) is 5.41 Å². The van der Waals surface area contributed by atoms with E-state index in [1.54, 1.807) is 0 Å². The van der Waals surface area contributed by atoms with E-state index in [2.05, 4.69) is 5.32 Å². The van der Waals surface area contributed by atoms with Crippen LogP contribution in [-0.2, 0) is 4.79 Å². The number of ether oxygens (including phenoxy) is 1. The van der Waals surface area contributed by atoms with Crippen LogP contribution < -0.4 is 15.8 Å². The predicted octanol–water partition coefficient (Wildman–Crippen LogP) is 2.15. The Hall–Kier alpha value is -1.55. The molecule has 0 aromatic heterocycles. The average molecular weight is 248 g/mol. The summed E-state index contributed by atoms with van der Waals surface area (Å²) in [5, 5.41) is 2.77. The molecule has 4 nitrogen and oxygen atoms in total. The van der Waals surface area contributed by atoms with E-state index in [1.807, 2.05) is 24.3 Å². The van der Waals surface area contributed by atoms with Crippen molar-refractivity contribution in [2.75, 3.05) is 18.5 Å². The molecule has 0 aliphatic heterocycles. The molecule has 0 bridgehead atoms. The third kappa shape index (κ3) is 3.23. The lowest BCUT2D eigenvalue weighted by Gasteiger charge is -2.17. The number of nitrogens with one attached hydrogen (secondary N) is 1. The van der Waals surface area contributed by atoms with Gasteiger partial charge in [-0.15, -0.1) is 0 Å². The van der Waals surface area contributed by atoms with Gasteiger partial charge in [0.25, 0.3) is 0 Å². The van der Waals surface area contributed by atoms with Gasteiger partial charge in [0.1, 0.15) is 5.75 Å². The first-order chi connectivity index (χ1) is 8.65. The number of benzene rings is 1. The summed E-state index contributed by atoms with van der Waals surface area (Å²) in [7, 11) is 0. The number of carbonyl (C=O) groups excluding carboxylic acids is 1. The number of carbonyl (C=O) groups is 1. The summed E-state index contributed by atoms with van der Waals surface area (Å²) < 4.78 is 5.85. The highest BCUT2D eigenvalue weighted by Crippen LogP contribution is 2.48. The van der Waals surface area contributed by atoms with Gasteiger partial charge in [-0.2, -0.15) is 0 Å². The van der Waals surface area contributed by atoms with Crippen molar-refractivity contribution in [3.8, 4) is 5.75 Å². The van der Waals surface area contributed by atoms with Crippen molar-refractivity contribution < 1.29 is 9.53 Å². The molecule has 0 unspecified atom stereocenters. The highest BCUT2D eigenvalue weighted by molar-refractivity contribution is 5.90. The Morgan fingerprint density at radius 1 is 1.44 bits per heavy atom. The standard InChI is InChI=1S/C14H20N2O2/c1-11(17)16-12-4-2-3-5-13(12)18-10-14(6-7-14)8-9-15/h2-5H,6-10,15H2,1H3,(H,16,17). The molecule has 2 rings (SSSR count). The molecule has 1 saturated carbocycles. The summed E-state index contributed by atoms with van der Waals surface area (Å²) in [6.07, 6.45) is 3.38. The number of anilines is 1. The first-order valence-corrected chi connectivity index (χ1v) is 6.35. The normalized spacial score (nSPS) is 16.1. The van der Waals surface area contributed by atoms with Gasteiger partial charge in [-0.25, -0.2) is 0 Å². The minimum Gasteiger partial charge on any atom is -0.491 e. The minimum absolute atomic E-state index is 0.0888. The third-order valence-corrected chi connectivity index (χ3v) is 3.36. The lowest BCUT2D eigenvalue weighted by molar-refractivity contribution is -0.114. The molecule has 18 heavy (non-hydrogen) atoms. The van der Waals surface area contributed by atoms with Crippen molar-refractivity contribution in [3.63, 3.8) is 0 Å². The zero-order chi connectivity index (χ0) is 13.0. The van der Waals surface area contributed by atoms with Crippen molar-refractivity contribution in [1.29, 1.82) is 0 Å². The van der Waals surface area contributed by atoms with Crippen LogP contribution in [0.4, 0.5) is 5.69 Å². The molecule has 1 amide bonds. The zero-order valence-corrected chi connectivity index (χ0v) is 10.7. The second kappa shape index (κ2) is 5.40.